The number of ether oxygens (including phenoxy) is 4. The third-order valence-electron chi connectivity index (χ3n) is 6.39. The Morgan fingerprint density at radius 2 is 1.63 bits per heavy atom. The third kappa shape index (κ3) is 4.96. The second-order valence-corrected chi connectivity index (χ2v) is 8.29. The smallest absolute Gasteiger partial charge is 0.295 e. The predicted molar refractivity (Wildman–Crippen MR) is 129 cm³/mol. The molecule has 4 rings (SSSR count). The van der Waals surface area contributed by atoms with Gasteiger partial charge in [-0.15, -0.1) is 0 Å². The number of carbonyl (C=O) groups is 2. The molecule has 2 aliphatic heterocycles. The van der Waals surface area contributed by atoms with E-state index in [0.29, 0.717) is 54.7 Å². The van der Waals surface area contributed by atoms with E-state index in [1.807, 2.05) is 0 Å². The molecule has 2 heterocycles. The fourth-order valence-electron chi connectivity index (χ4n) is 4.46. The number of benzene rings is 2. The van der Waals surface area contributed by atoms with Crippen molar-refractivity contribution in [2.24, 2.45) is 0 Å². The molecule has 186 valence electrons. The number of carbonyl (C=O) groups excluding carboxylic acids is 2. The molecule has 0 aliphatic carbocycles. The van der Waals surface area contributed by atoms with Crippen LogP contribution in [0.25, 0.3) is 5.76 Å². The largest absolute Gasteiger partial charge is 0.507 e. The van der Waals surface area contributed by atoms with Crippen LogP contribution < -0.4 is 14.2 Å². The van der Waals surface area contributed by atoms with Gasteiger partial charge >= 0.3 is 0 Å². The van der Waals surface area contributed by atoms with Crippen molar-refractivity contribution in [3.05, 3.63) is 59.2 Å². The number of ketones is 1. The first-order valence-electron chi connectivity index (χ1n) is 11.4. The van der Waals surface area contributed by atoms with Crippen molar-refractivity contribution in [3.8, 4) is 17.2 Å². The van der Waals surface area contributed by atoms with E-state index >= 15 is 0 Å². The highest BCUT2D eigenvalue weighted by Gasteiger charge is 2.46. The lowest BCUT2D eigenvalue weighted by Crippen LogP contribution is -2.42. The van der Waals surface area contributed by atoms with Gasteiger partial charge in [-0.25, -0.2) is 0 Å². The lowest BCUT2D eigenvalue weighted by atomic mass is 9.95. The van der Waals surface area contributed by atoms with E-state index in [4.69, 9.17) is 18.9 Å². The zero-order valence-corrected chi connectivity index (χ0v) is 20.2. The van der Waals surface area contributed by atoms with Crippen LogP contribution in [0.15, 0.2) is 48.0 Å². The van der Waals surface area contributed by atoms with E-state index < -0.39 is 17.7 Å². The first kappa shape index (κ1) is 24.6. The Morgan fingerprint density at radius 3 is 2.26 bits per heavy atom. The summed E-state index contributed by atoms with van der Waals surface area (Å²) in [6.45, 7) is 3.70. The van der Waals surface area contributed by atoms with E-state index in [1.165, 1.54) is 19.1 Å². The van der Waals surface area contributed by atoms with Crippen LogP contribution in [0.5, 0.6) is 17.2 Å². The number of likely N-dealkylation sites (tertiary alicyclic amines) is 1. The fraction of sp³-hybridized carbons (Fsp3) is 0.385. The highest BCUT2D eigenvalue weighted by Crippen LogP contribution is 2.42. The second kappa shape index (κ2) is 10.8. The maximum atomic E-state index is 13.2. The summed E-state index contributed by atoms with van der Waals surface area (Å²) in [4.78, 5) is 30.2. The van der Waals surface area contributed by atoms with Crippen LogP contribution in [0, 0.1) is 0 Å². The number of rotatable bonds is 8. The maximum Gasteiger partial charge on any atom is 0.295 e. The van der Waals surface area contributed by atoms with Gasteiger partial charge in [0.1, 0.15) is 11.5 Å². The number of aliphatic hydroxyl groups is 1. The molecule has 0 radical (unpaired) electrons. The number of aliphatic hydroxyl groups excluding tert-OH is 1. The van der Waals surface area contributed by atoms with Crippen LogP contribution in [-0.2, 0) is 14.3 Å². The normalized spacial score (nSPS) is 20.2. The quantitative estimate of drug-likeness (QED) is 0.348. The third-order valence-corrected chi connectivity index (χ3v) is 6.39. The average molecular weight is 483 g/mol. The molecule has 0 aromatic heterocycles. The number of Topliss-reactive ketones (excluding diaryl/α,β-unsaturated/α-hetero) is 1. The van der Waals surface area contributed by atoms with Crippen molar-refractivity contribution in [3.63, 3.8) is 0 Å². The van der Waals surface area contributed by atoms with E-state index in [2.05, 4.69) is 4.90 Å². The van der Waals surface area contributed by atoms with Gasteiger partial charge in [-0.3, -0.25) is 14.5 Å². The number of morpholine rings is 1. The standard InChI is InChI=1S/C26H30N2O7/c1-32-19-7-4-17(5-8-19)24(29)22-23(18-6-9-20(33-2)21(16-18)34-3)28(26(31)25(22)30)11-10-27-12-14-35-15-13-27/h4-9,16,23,29H,10-15H2,1-3H3/b24-22-. The molecule has 2 aliphatic rings. The predicted octanol–water partition coefficient (Wildman–Crippen LogP) is 2.47. The summed E-state index contributed by atoms with van der Waals surface area (Å²) in [5.41, 5.74) is 1.09. The Balaban J connectivity index is 1.77. The minimum atomic E-state index is -0.780. The van der Waals surface area contributed by atoms with Crippen molar-refractivity contribution in [2.75, 3.05) is 60.7 Å². The molecule has 1 unspecified atom stereocenters. The van der Waals surface area contributed by atoms with Gasteiger partial charge in [0.15, 0.2) is 11.5 Å². The van der Waals surface area contributed by atoms with E-state index in [0.717, 1.165) is 13.1 Å². The highest BCUT2D eigenvalue weighted by molar-refractivity contribution is 6.46. The Bertz CT molecular complexity index is 1110. The summed E-state index contributed by atoms with van der Waals surface area (Å²) < 4.78 is 21.4. The van der Waals surface area contributed by atoms with Gasteiger partial charge < -0.3 is 29.0 Å². The lowest BCUT2D eigenvalue weighted by molar-refractivity contribution is -0.140. The minimum absolute atomic E-state index is 0.0364. The molecule has 1 amide bonds. The molecule has 2 aromatic rings. The molecular weight excluding hydrogens is 452 g/mol. The van der Waals surface area contributed by atoms with E-state index in [-0.39, 0.29) is 11.3 Å². The number of methoxy groups -OCH3 is 3. The van der Waals surface area contributed by atoms with Crippen LogP contribution in [0.3, 0.4) is 0 Å². The molecule has 9 heteroatoms. The van der Waals surface area contributed by atoms with Gasteiger partial charge in [-0.1, -0.05) is 6.07 Å². The van der Waals surface area contributed by atoms with Gasteiger partial charge in [0, 0.05) is 31.7 Å². The van der Waals surface area contributed by atoms with Gasteiger partial charge in [0.25, 0.3) is 11.7 Å². The Labute approximate surface area is 204 Å². The minimum Gasteiger partial charge on any atom is -0.507 e. The number of hydrogen-bond acceptors (Lipinski definition) is 8. The highest BCUT2D eigenvalue weighted by atomic mass is 16.5. The second-order valence-electron chi connectivity index (χ2n) is 8.29. The summed E-state index contributed by atoms with van der Waals surface area (Å²) in [6.07, 6.45) is 0. The zero-order chi connectivity index (χ0) is 24.9. The Kier molecular flexibility index (Phi) is 7.57. The summed E-state index contributed by atoms with van der Waals surface area (Å²) in [6, 6.07) is 11.1. The van der Waals surface area contributed by atoms with Crippen LogP contribution in [0.2, 0.25) is 0 Å². The van der Waals surface area contributed by atoms with Gasteiger partial charge in [0.2, 0.25) is 0 Å². The van der Waals surface area contributed by atoms with Crippen molar-refractivity contribution < 1.29 is 33.6 Å². The molecule has 2 fully saturated rings. The summed E-state index contributed by atoms with van der Waals surface area (Å²) in [5.74, 6) is 0.00156. The lowest BCUT2D eigenvalue weighted by Gasteiger charge is -2.31. The molecule has 0 saturated carbocycles. The molecule has 9 nitrogen and oxygen atoms in total. The Morgan fingerprint density at radius 1 is 0.943 bits per heavy atom. The van der Waals surface area contributed by atoms with Crippen LogP contribution in [0.1, 0.15) is 17.2 Å². The van der Waals surface area contributed by atoms with E-state index in [1.54, 1.807) is 49.6 Å². The molecule has 35 heavy (non-hydrogen) atoms. The van der Waals surface area contributed by atoms with Gasteiger partial charge in [0.05, 0.1) is 46.2 Å². The van der Waals surface area contributed by atoms with Crippen molar-refractivity contribution in [1.82, 2.24) is 9.80 Å². The molecule has 1 N–H and O–H groups in total. The van der Waals surface area contributed by atoms with E-state index in [9.17, 15) is 14.7 Å². The molecular formula is C26H30N2O7. The monoisotopic (exact) mass is 482 g/mol. The summed E-state index contributed by atoms with van der Waals surface area (Å²) >= 11 is 0. The van der Waals surface area contributed by atoms with Gasteiger partial charge in [-0.2, -0.15) is 0 Å². The summed E-state index contributed by atoms with van der Waals surface area (Å²) in [5, 5.41) is 11.2. The first-order chi connectivity index (χ1) is 17.0. The average Bonchev–Trinajstić information content (AvgIpc) is 3.16. The van der Waals surface area contributed by atoms with Crippen molar-refractivity contribution in [1.29, 1.82) is 0 Å². The van der Waals surface area contributed by atoms with Crippen LogP contribution in [0.4, 0.5) is 0 Å². The molecule has 2 saturated heterocycles. The zero-order valence-electron chi connectivity index (χ0n) is 20.2. The van der Waals surface area contributed by atoms with Crippen LogP contribution in [-0.4, -0.2) is 87.3 Å². The topological polar surface area (TPSA) is 97.8 Å². The molecule has 0 bridgehead atoms. The molecule has 1 atom stereocenters. The summed E-state index contributed by atoms with van der Waals surface area (Å²) in [7, 11) is 4.61. The van der Waals surface area contributed by atoms with Gasteiger partial charge in [-0.05, 0) is 42.0 Å². The maximum absolute atomic E-state index is 13.2. The number of hydrogen-bond donors (Lipinski definition) is 1. The Hall–Kier alpha value is -3.56. The molecule has 0 spiro atoms. The SMILES string of the molecule is COc1ccc(/C(O)=C2/C(=O)C(=O)N(CCN3CCOCC3)C2c2ccc(OC)c(OC)c2)cc1. The fourth-order valence-corrected chi connectivity index (χ4v) is 4.46. The number of amides is 1. The first-order valence-corrected chi connectivity index (χ1v) is 11.4. The van der Waals surface area contributed by atoms with Crippen LogP contribution >= 0.6 is 0 Å². The number of nitrogens with zero attached hydrogens (tertiary/aromatic N) is 2. The van der Waals surface area contributed by atoms with Crippen molar-refractivity contribution in [2.45, 2.75) is 6.04 Å². The van der Waals surface area contributed by atoms with Crippen molar-refractivity contribution >= 4 is 17.4 Å². The molecule has 2 aromatic carbocycles.